The third-order valence-corrected chi connectivity index (χ3v) is 3.08. The number of ether oxygens (including phenoxy) is 3. The molecule has 2 rings (SSSR count). The maximum absolute atomic E-state index is 8.29. The molecule has 1 aliphatic heterocycles. The molecule has 5 nitrogen and oxygen atoms in total. The standard InChI is InChI=1S/C15H18N2O3/c1-3-8-20-12-4-5-13(14(11-12)18-2)15(16)17-6-9-19-10-7-17/h1,4-5,11,16H,6-10H2,2H3. The normalized spacial score (nSPS) is 14.5. The van der Waals surface area contributed by atoms with Gasteiger partial charge in [-0.3, -0.25) is 5.41 Å². The molecule has 1 N–H and O–H groups in total. The summed E-state index contributed by atoms with van der Waals surface area (Å²) in [7, 11) is 1.58. The molecule has 0 amide bonds. The maximum atomic E-state index is 8.29. The summed E-state index contributed by atoms with van der Waals surface area (Å²) in [6.07, 6.45) is 5.16. The van der Waals surface area contributed by atoms with Crippen LogP contribution in [0.2, 0.25) is 0 Å². The lowest BCUT2D eigenvalue weighted by atomic mass is 10.1. The third kappa shape index (κ3) is 3.22. The zero-order chi connectivity index (χ0) is 14.4. The first-order valence-electron chi connectivity index (χ1n) is 6.42. The Bertz CT molecular complexity index is 516. The van der Waals surface area contributed by atoms with Gasteiger partial charge in [-0.15, -0.1) is 6.42 Å². The Morgan fingerprint density at radius 1 is 1.45 bits per heavy atom. The third-order valence-electron chi connectivity index (χ3n) is 3.08. The highest BCUT2D eigenvalue weighted by atomic mass is 16.5. The van der Waals surface area contributed by atoms with Gasteiger partial charge in [0, 0.05) is 19.2 Å². The first kappa shape index (κ1) is 14.2. The number of hydrogen-bond donors (Lipinski definition) is 1. The predicted octanol–water partition coefficient (Wildman–Crippen LogP) is 1.36. The summed E-state index contributed by atoms with van der Waals surface area (Å²) >= 11 is 0. The zero-order valence-electron chi connectivity index (χ0n) is 11.5. The summed E-state index contributed by atoms with van der Waals surface area (Å²) in [5, 5.41) is 8.29. The molecule has 0 unspecified atom stereocenters. The highest BCUT2D eigenvalue weighted by Crippen LogP contribution is 2.26. The molecular formula is C15H18N2O3. The van der Waals surface area contributed by atoms with Crippen molar-refractivity contribution in [3.05, 3.63) is 23.8 Å². The lowest BCUT2D eigenvalue weighted by Gasteiger charge is -2.29. The summed E-state index contributed by atoms with van der Waals surface area (Å²) in [5.74, 6) is 4.10. The number of benzene rings is 1. The van der Waals surface area contributed by atoms with Crippen LogP contribution in [0.4, 0.5) is 0 Å². The van der Waals surface area contributed by atoms with Gasteiger partial charge in [-0.2, -0.15) is 0 Å². The van der Waals surface area contributed by atoms with Crippen LogP contribution in [-0.4, -0.2) is 50.8 Å². The van der Waals surface area contributed by atoms with Gasteiger partial charge in [-0.25, -0.2) is 0 Å². The number of nitrogens with one attached hydrogen (secondary N) is 1. The van der Waals surface area contributed by atoms with Crippen LogP contribution >= 0.6 is 0 Å². The minimum absolute atomic E-state index is 0.212. The molecular weight excluding hydrogens is 256 g/mol. The fourth-order valence-corrected chi connectivity index (χ4v) is 2.04. The van der Waals surface area contributed by atoms with E-state index in [9.17, 15) is 0 Å². The van der Waals surface area contributed by atoms with Gasteiger partial charge >= 0.3 is 0 Å². The summed E-state index contributed by atoms with van der Waals surface area (Å²) in [4.78, 5) is 1.98. The van der Waals surface area contributed by atoms with Crippen LogP contribution in [0.25, 0.3) is 0 Å². The summed E-state index contributed by atoms with van der Waals surface area (Å²) in [5.41, 5.74) is 0.738. The molecule has 0 saturated carbocycles. The molecule has 0 radical (unpaired) electrons. The second-order valence-electron chi connectivity index (χ2n) is 4.30. The Morgan fingerprint density at radius 2 is 2.20 bits per heavy atom. The van der Waals surface area contributed by atoms with Gasteiger partial charge in [0.15, 0.2) is 0 Å². The van der Waals surface area contributed by atoms with E-state index in [0.717, 1.165) is 18.7 Å². The summed E-state index contributed by atoms with van der Waals surface area (Å²) in [6, 6.07) is 5.37. The number of nitrogens with zero attached hydrogens (tertiary/aromatic N) is 1. The van der Waals surface area contributed by atoms with Gasteiger partial charge in [-0.1, -0.05) is 5.92 Å². The number of terminal acetylenes is 1. The number of methoxy groups -OCH3 is 1. The smallest absolute Gasteiger partial charge is 0.148 e. The largest absolute Gasteiger partial charge is 0.496 e. The quantitative estimate of drug-likeness (QED) is 0.512. The molecule has 0 spiro atoms. The molecule has 0 bridgehead atoms. The van der Waals surface area contributed by atoms with Crippen LogP contribution in [0.5, 0.6) is 11.5 Å². The second-order valence-corrected chi connectivity index (χ2v) is 4.30. The molecule has 5 heteroatoms. The van der Waals surface area contributed by atoms with E-state index in [0.29, 0.717) is 30.5 Å². The van der Waals surface area contributed by atoms with Gasteiger partial charge in [0.1, 0.15) is 23.9 Å². The van der Waals surface area contributed by atoms with Crippen molar-refractivity contribution in [3.8, 4) is 23.8 Å². The molecule has 106 valence electrons. The van der Waals surface area contributed by atoms with Crippen LogP contribution in [0.3, 0.4) is 0 Å². The van der Waals surface area contributed by atoms with Crippen LogP contribution < -0.4 is 9.47 Å². The van der Waals surface area contributed by atoms with E-state index < -0.39 is 0 Å². The van der Waals surface area contributed by atoms with Crippen LogP contribution in [0, 0.1) is 17.8 Å². The maximum Gasteiger partial charge on any atom is 0.148 e. The Balaban J connectivity index is 2.18. The Kier molecular flexibility index (Phi) is 4.85. The minimum atomic E-state index is 0.212. The highest BCUT2D eigenvalue weighted by molar-refractivity contribution is 5.99. The SMILES string of the molecule is C#CCOc1ccc(C(=N)N2CCOCC2)c(OC)c1. The van der Waals surface area contributed by atoms with E-state index >= 15 is 0 Å². The van der Waals surface area contributed by atoms with Crippen molar-refractivity contribution in [1.82, 2.24) is 4.90 Å². The van der Waals surface area contributed by atoms with Gasteiger partial charge in [0.25, 0.3) is 0 Å². The number of morpholine rings is 1. The molecule has 1 aromatic rings. The molecule has 0 aliphatic carbocycles. The molecule has 1 heterocycles. The van der Waals surface area contributed by atoms with E-state index in [2.05, 4.69) is 5.92 Å². The molecule has 1 aromatic carbocycles. The summed E-state index contributed by atoms with van der Waals surface area (Å²) < 4.78 is 16.0. The Labute approximate surface area is 118 Å². The van der Waals surface area contributed by atoms with E-state index in [1.165, 1.54) is 0 Å². The van der Waals surface area contributed by atoms with Crippen molar-refractivity contribution in [1.29, 1.82) is 5.41 Å². The molecule has 20 heavy (non-hydrogen) atoms. The molecule has 1 aliphatic rings. The Hall–Kier alpha value is -2.19. The summed E-state index contributed by atoms with van der Waals surface area (Å²) in [6.45, 7) is 2.94. The molecule has 1 saturated heterocycles. The fraction of sp³-hybridized carbons (Fsp3) is 0.400. The molecule has 1 fully saturated rings. The molecule has 0 aromatic heterocycles. The molecule has 0 atom stereocenters. The second kappa shape index (κ2) is 6.83. The van der Waals surface area contributed by atoms with Crippen molar-refractivity contribution in [2.45, 2.75) is 0 Å². The van der Waals surface area contributed by atoms with Crippen molar-refractivity contribution in [2.24, 2.45) is 0 Å². The zero-order valence-corrected chi connectivity index (χ0v) is 11.5. The first-order chi connectivity index (χ1) is 9.76. The van der Waals surface area contributed by atoms with Gasteiger partial charge in [0.2, 0.25) is 0 Å². The topological polar surface area (TPSA) is 54.8 Å². The monoisotopic (exact) mass is 274 g/mol. The van der Waals surface area contributed by atoms with E-state index in [1.807, 2.05) is 11.0 Å². The van der Waals surface area contributed by atoms with Crippen molar-refractivity contribution < 1.29 is 14.2 Å². The average Bonchev–Trinajstić information content (AvgIpc) is 2.52. The Morgan fingerprint density at radius 3 is 2.85 bits per heavy atom. The van der Waals surface area contributed by atoms with Crippen molar-refractivity contribution in [2.75, 3.05) is 40.0 Å². The van der Waals surface area contributed by atoms with E-state index in [-0.39, 0.29) is 6.61 Å². The lowest BCUT2D eigenvalue weighted by Crippen LogP contribution is -2.40. The van der Waals surface area contributed by atoms with Gasteiger partial charge < -0.3 is 19.1 Å². The van der Waals surface area contributed by atoms with E-state index in [1.54, 1.807) is 19.2 Å². The minimum Gasteiger partial charge on any atom is -0.496 e. The first-order valence-corrected chi connectivity index (χ1v) is 6.42. The van der Waals surface area contributed by atoms with Crippen LogP contribution in [0.1, 0.15) is 5.56 Å². The van der Waals surface area contributed by atoms with Crippen molar-refractivity contribution in [3.63, 3.8) is 0 Å². The number of amidine groups is 1. The fourth-order valence-electron chi connectivity index (χ4n) is 2.04. The number of rotatable bonds is 4. The number of hydrogen-bond acceptors (Lipinski definition) is 4. The van der Waals surface area contributed by atoms with Crippen LogP contribution in [0.15, 0.2) is 18.2 Å². The van der Waals surface area contributed by atoms with Gasteiger partial charge in [0.05, 0.1) is 25.9 Å². The van der Waals surface area contributed by atoms with E-state index in [4.69, 9.17) is 26.0 Å². The predicted molar refractivity (Wildman–Crippen MR) is 76.5 cm³/mol. The lowest BCUT2D eigenvalue weighted by molar-refractivity contribution is 0.0679. The highest BCUT2D eigenvalue weighted by Gasteiger charge is 2.18. The average molecular weight is 274 g/mol. The van der Waals surface area contributed by atoms with Crippen molar-refractivity contribution >= 4 is 5.84 Å². The van der Waals surface area contributed by atoms with Crippen LogP contribution in [-0.2, 0) is 4.74 Å². The van der Waals surface area contributed by atoms with Gasteiger partial charge in [-0.05, 0) is 12.1 Å².